The van der Waals surface area contributed by atoms with Gasteiger partial charge in [-0.2, -0.15) is 0 Å². The van der Waals surface area contributed by atoms with Crippen LogP contribution >= 0.6 is 0 Å². The van der Waals surface area contributed by atoms with Crippen LogP contribution in [0.15, 0.2) is 59.6 Å². The molecule has 156 valence electrons. The maximum Gasteiger partial charge on any atom is 0.215 e. The van der Waals surface area contributed by atoms with E-state index in [1.54, 1.807) is 0 Å². The highest BCUT2D eigenvalue weighted by molar-refractivity contribution is 7.88. The first-order valence-corrected chi connectivity index (χ1v) is 11.7. The number of nitrogens with one attached hydrogen (secondary N) is 2. The number of hydrogen-bond acceptors (Lipinski definition) is 3. The van der Waals surface area contributed by atoms with E-state index in [0.717, 1.165) is 43.1 Å². The molecule has 0 saturated carbocycles. The number of guanidine groups is 1. The lowest BCUT2D eigenvalue weighted by Gasteiger charge is -2.22. The standard InChI is InChI=1S/C22H30N4O2S/c1-3-24-22(26-13-12-21(16-26)20-10-5-4-6-11-20)25-15-18-8-7-9-19(14-18)17-29(27,28)23-2/h4-11,14,21,23H,3,12-13,15-17H2,1-2H3,(H,24,25). The zero-order valence-corrected chi connectivity index (χ0v) is 18.0. The Morgan fingerprint density at radius 3 is 2.62 bits per heavy atom. The van der Waals surface area contributed by atoms with Gasteiger partial charge >= 0.3 is 0 Å². The van der Waals surface area contributed by atoms with Crippen LogP contribution in [0.2, 0.25) is 0 Å². The Morgan fingerprint density at radius 2 is 1.90 bits per heavy atom. The van der Waals surface area contributed by atoms with E-state index >= 15 is 0 Å². The Kier molecular flexibility index (Phi) is 7.28. The molecule has 2 aromatic carbocycles. The van der Waals surface area contributed by atoms with E-state index in [1.165, 1.54) is 12.6 Å². The van der Waals surface area contributed by atoms with Crippen molar-refractivity contribution in [3.8, 4) is 0 Å². The molecule has 1 fully saturated rings. The van der Waals surface area contributed by atoms with Crippen molar-refractivity contribution in [2.24, 2.45) is 4.99 Å². The Hall–Kier alpha value is -2.38. The van der Waals surface area contributed by atoms with Crippen LogP contribution in [0.4, 0.5) is 0 Å². The zero-order chi connectivity index (χ0) is 20.7. The van der Waals surface area contributed by atoms with Crippen LogP contribution in [0.5, 0.6) is 0 Å². The minimum atomic E-state index is -3.28. The summed E-state index contributed by atoms with van der Waals surface area (Å²) in [4.78, 5) is 7.13. The number of sulfonamides is 1. The first-order valence-electron chi connectivity index (χ1n) is 10.1. The van der Waals surface area contributed by atoms with E-state index in [-0.39, 0.29) is 5.75 Å². The van der Waals surface area contributed by atoms with E-state index in [0.29, 0.717) is 12.5 Å². The molecular weight excluding hydrogens is 384 g/mol. The van der Waals surface area contributed by atoms with Crippen LogP contribution in [-0.2, 0) is 22.3 Å². The molecule has 2 N–H and O–H groups in total. The zero-order valence-electron chi connectivity index (χ0n) is 17.1. The molecule has 0 aromatic heterocycles. The van der Waals surface area contributed by atoms with Gasteiger partial charge in [-0.15, -0.1) is 0 Å². The minimum absolute atomic E-state index is 0.0218. The summed E-state index contributed by atoms with van der Waals surface area (Å²) in [5.41, 5.74) is 3.15. The van der Waals surface area contributed by atoms with Gasteiger partial charge in [-0.25, -0.2) is 18.1 Å². The Balaban J connectivity index is 1.68. The third kappa shape index (κ3) is 6.05. The molecule has 2 aromatic rings. The highest BCUT2D eigenvalue weighted by atomic mass is 32.2. The quantitative estimate of drug-likeness (QED) is 0.540. The third-order valence-corrected chi connectivity index (χ3v) is 6.50. The molecule has 0 bridgehead atoms. The molecule has 1 atom stereocenters. The fraction of sp³-hybridized carbons (Fsp3) is 0.409. The number of benzene rings is 2. The van der Waals surface area contributed by atoms with Gasteiger partial charge in [0, 0.05) is 25.6 Å². The predicted octanol–water partition coefficient (Wildman–Crippen LogP) is 2.69. The van der Waals surface area contributed by atoms with Crippen LogP contribution in [0, 0.1) is 0 Å². The highest BCUT2D eigenvalue weighted by Crippen LogP contribution is 2.27. The molecule has 0 spiro atoms. The molecule has 0 aliphatic carbocycles. The lowest BCUT2D eigenvalue weighted by atomic mass is 9.99. The van der Waals surface area contributed by atoms with Crippen LogP contribution in [0.25, 0.3) is 0 Å². The maximum atomic E-state index is 11.8. The maximum absolute atomic E-state index is 11.8. The van der Waals surface area contributed by atoms with Crippen molar-refractivity contribution in [3.05, 3.63) is 71.3 Å². The third-order valence-electron chi connectivity index (χ3n) is 5.16. The van der Waals surface area contributed by atoms with E-state index < -0.39 is 10.0 Å². The summed E-state index contributed by atoms with van der Waals surface area (Å²) >= 11 is 0. The van der Waals surface area contributed by atoms with E-state index in [4.69, 9.17) is 4.99 Å². The fourth-order valence-corrected chi connectivity index (χ4v) is 4.41. The summed E-state index contributed by atoms with van der Waals surface area (Å²) in [5, 5.41) is 3.40. The van der Waals surface area contributed by atoms with Crippen LogP contribution < -0.4 is 10.0 Å². The molecule has 1 aliphatic rings. The monoisotopic (exact) mass is 414 g/mol. The first-order chi connectivity index (χ1) is 14.0. The summed E-state index contributed by atoms with van der Waals surface area (Å²) < 4.78 is 26.0. The molecule has 29 heavy (non-hydrogen) atoms. The van der Waals surface area contributed by atoms with E-state index in [9.17, 15) is 8.42 Å². The summed E-state index contributed by atoms with van der Waals surface area (Å²) in [6, 6.07) is 18.3. The largest absolute Gasteiger partial charge is 0.357 e. The highest BCUT2D eigenvalue weighted by Gasteiger charge is 2.25. The number of aliphatic imine (C=N–C) groups is 1. The normalized spacial score (nSPS) is 17.5. The van der Waals surface area contributed by atoms with Gasteiger partial charge in [-0.3, -0.25) is 0 Å². The van der Waals surface area contributed by atoms with Gasteiger partial charge in [0.1, 0.15) is 0 Å². The lowest BCUT2D eigenvalue weighted by Crippen LogP contribution is -2.40. The van der Waals surface area contributed by atoms with Gasteiger partial charge in [0.05, 0.1) is 12.3 Å². The molecule has 1 saturated heterocycles. The molecular formula is C22H30N4O2S. The summed E-state index contributed by atoms with van der Waals surface area (Å²) in [7, 11) is -1.85. The van der Waals surface area contributed by atoms with Gasteiger partial charge in [0.2, 0.25) is 10.0 Å². The van der Waals surface area contributed by atoms with Gasteiger partial charge in [-0.05, 0) is 37.1 Å². The second kappa shape index (κ2) is 9.89. The number of likely N-dealkylation sites (tertiary alicyclic amines) is 1. The summed E-state index contributed by atoms with van der Waals surface area (Å²) in [6.07, 6.45) is 1.12. The van der Waals surface area contributed by atoms with Crippen molar-refractivity contribution in [3.63, 3.8) is 0 Å². The lowest BCUT2D eigenvalue weighted by molar-refractivity contribution is 0.486. The van der Waals surface area contributed by atoms with Crippen molar-refractivity contribution in [1.29, 1.82) is 0 Å². The average molecular weight is 415 g/mol. The average Bonchev–Trinajstić information content (AvgIpc) is 3.22. The Bertz CT molecular complexity index is 929. The number of hydrogen-bond donors (Lipinski definition) is 2. The van der Waals surface area contributed by atoms with Gasteiger partial charge < -0.3 is 10.2 Å². The molecule has 3 rings (SSSR count). The summed E-state index contributed by atoms with van der Waals surface area (Å²) in [5.74, 6) is 1.42. The van der Waals surface area contributed by atoms with Gasteiger partial charge in [-0.1, -0.05) is 54.6 Å². The number of rotatable bonds is 7. The Labute approximate surface area is 174 Å². The van der Waals surface area contributed by atoms with Crippen molar-refractivity contribution in [1.82, 2.24) is 14.9 Å². The van der Waals surface area contributed by atoms with Crippen LogP contribution in [0.1, 0.15) is 36.0 Å². The number of nitrogens with zero attached hydrogens (tertiary/aromatic N) is 2. The topological polar surface area (TPSA) is 73.8 Å². The van der Waals surface area contributed by atoms with Crippen molar-refractivity contribution < 1.29 is 8.42 Å². The molecule has 7 heteroatoms. The predicted molar refractivity (Wildman–Crippen MR) is 118 cm³/mol. The van der Waals surface area contributed by atoms with Crippen molar-refractivity contribution in [2.45, 2.75) is 31.6 Å². The molecule has 1 unspecified atom stereocenters. The minimum Gasteiger partial charge on any atom is -0.357 e. The van der Waals surface area contributed by atoms with Crippen molar-refractivity contribution in [2.75, 3.05) is 26.7 Å². The smallest absolute Gasteiger partial charge is 0.215 e. The second-order valence-corrected chi connectivity index (χ2v) is 9.22. The van der Waals surface area contributed by atoms with Gasteiger partial charge in [0.15, 0.2) is 5.96 Å². The first kappa shape index (κ1) is 21.3. The Morgan fingerprint density at radius 1 is 1.14 bits per heavy atom. The summed E-state index contributed by atoms with van der Waals surface area (Å²) in [6.45, 7) is 5.33. The van der Waals surface area contributed by atoms with Crippen LogP contribution in [-0.4, -0.2) is 46.0 Å². The van der Waals surface area contributed by atoms with Crippen molar-refractivity contribution >= 4 is 16.0 Å². The fourth-order valence-electron chi connectivity index (χ4n) is 3.65. The second-order valence-electron chi connectivity index (χ2n) is 7.30. The molecule has 1 aliphatic heterocycles. The van der Waals surface area contributed by atoms with E-state index in [1.807, 2.05) is 24.3 Å². The molecule has 0 radical (unpaired) electrons. The molecule has 6 nitrogen and oxygen atoms in total. The van der Waals surface area contributed by atoms with E-state index in [2.05, 4.69) is 52.2 Å². The van der Waals surface area contributed by atoms with Gasteiger partial charge in [0.25, 0.3) is 0 Å². The SMILES string of the molecule is CCNC(=NCc1cccc(CS(=O)(=O)NC)c1)N1CCC(c2ccccc2)C1. The molecule has 1 heterocycles. The molecule has 0 amide bonds. The van der Waals surface area contributed by atoms with Crippen LogP contribution in [0.3, 0.4) is 0 Å².